The first kappa shape index (κ1) is 19.3. The van der Waals surface area contributed by atoms with Gasteiger partial charge in [-0.25, -0.2) is 8.78 Å². The second kappa shape index (κ2) is 7.78. The van der Waals surface area contributed by atoms with Gasteiger partial charge in [-0.15, -0.1) is 0 Å². The molecule has 152 valence electrons. The van der Waals surface area contributed by atoms with E-state index in [0.717, 1.165) is 12.8 Å². The highest BCUT2D eigenvalue weighted by molar-refractivity contribution is 6.32. The molecule has 1 aromatic carbocycles. The van der Waals surface area contributed by atoms with Crippen molar-refractivity contribution >= 4 is 17.5 Å². The molecule has 2 aromatic heterocycles. The standard InChI is InChI=1S/C18H16ClF2N5O3/c19-14-15(17(20)21)24-26(16(14)9-1-2-9)7-13-23-18(25-29-13)10-3-5-11(6-4-10)28-8-12(22)27/h3-6,9,17H,1-2,7-8H2,(H2,22,27). The summed E-state index contributed by atoms with van der Waals surface area (Å²) in [5.74, 6) is 0.558. The highest BCUT2D eigenvalue weighted by Gasteiger charge is 2.34. The normalized spacial score (nSPS) is 13.8. The average Bonchev–Trinajstić information content (AvgIpc) is 3.32. The van der Waals surface area contributed by atoms with Crippen LogP contribution in [0.15, 0.2) is 28.8 Å². The Morgan fingerprint density at radius 2 is 2.07 bits per heavy atom. The minimum Gasteiger partial charge on any atom is -0.484 e. The highest BCUT2D eigenvalue weighted by atomic mass is 35.5. The Bertz CT molecular complexity index is 1030. The van der Waals surface area contributed by atoms with Gasteiger partial charge in [0, 0.05) is 11.5 Å². The number of rotatable bonds is 8. The lowest BCUT2D eigenvalue weighted by Crippen LogP contribution is -2.19. The van der Waals surface area contributed by atoms with E-state index < -0.39 is 18.0 Å². The topological polar surface area (TPSA) is 109 Å². The van der Waals surface area contributed by atoms with Crippen LogP contribution < -0.4 is 10.5 Å². The van der Waals surface area contributed by atoms with Crippen molar-refractivity contribution in [3.8, 4) is 17.1 Å². The number of nitrogens with zero attached hydrogens (tertiary/aromatic N) is 4. The van der Waals surface area contributed by atoms with E-state index in [0.29, 0.717) is 22.8 Å². The maximum atomic E-state index is 13.2. The molecule has 0 spiro atoms. The smallest absolute Gasteiger partial charge is 0.283 e. The first-order valence-electron chi connectivity index (χ1n) is 8.80. The lowest BCUT2D eigenvalue weighted by Gasteiger charge is -2.03. The summed E-state index contributed by atoms with van der Waals surface area (Å²) in [4.78, 5) is 15.1. The Hall–Kier alpha value is -3.01. The Labute approximate surface area is 168 Å². The predicted molar refractivity (Wildman–Crippen MR) is 97.7 cm³/mol. The molecule has 1 aliphatic carbocycles. The first-order chi connectivity index (χ1) is 13.9. The van der Waals surface area contributed by atoms with Crippen molar-refractivity contribution in [3.05, 3.63) is 46.6 Å². The van der Waals surface area contributed by atoms with Gasteiger partial charge in [-0.3, -0.25) is 9.48 Å². The number of halogens is 3. The third-order valence-electron chi connectivity index (χ3n) is 4.37. The van der Waals surface area contributed by atoms with Crippen LogP contribution in [0, 0.1) is 0 Å². The molecule has 1 saturated carbocycles. The van der Waals surface area contributed by atoms with Gasteiger partial charge in [0.2, 0.25) is 11.7 Å². The van der Waals surface area contributed by atoms with Gasteiger partial charge in [0.15, 0.2) is 6.61 Å². The van der Waals surface area contributed by atoms with E-state index in [9.17, 15) is 13.6 Å². The van der Waals surface area contributed by atoms with E-state index in [2.05, 4.69) is 15.2 Å². The van der Waals surface area contributed by atoms with Crippen LogP contribution in [0.3, 0.4) is 0 Å². The summed E-state index contributed by atoms with van der Waals surface area (Å²) >= 11 is 6.12. The van der Waals surface area contributed by atoms with Crippen LogP contribution in [0.25, 0.3) is 11.4 Å². The van der Waals surface area contributed by atoms with E-state index >= 15 is 0 Å². The molecule has 1 amide bonds. The molecule has 8 nitrogen and oxygen atoms in total. The molecule has 0 atom stereocenters. The molecule has 0 saturated heterocycles. The van der Waals surface area contributed by atoms with Crippen molar-refractivity contribution in [3.63, 3.8) is 0 Å². The number of benzene rings is 1. The summed E-state index contributed by atoms with van der Waals surface area (Å²) in [5, 5.41) is 7.87. The van der Waals surface area contributed by atoms with Gasteiger partial charge in [0.1, 0.15) is 18.0 Å². The van der Waals surface area contributed by atoms with Crippen molar-refractivity contribution in [2.45, 2.75) is 31.7 Å². The number of aromatic nitrogens is 4. The third kappa shape index (κ3) is 4.21. The lowest BCUT2D eigenvalue weighted by molar-refractivity contribution is -0.119. The minimum atomic E-state index is -2.75. The van der Waals surface area contributed by atoms with Crippen molar-refractivity contribution in [1.82, 2.24) is 19.9 Å². The summed E-state index contributed by atoms with van der Waals surface area (Å²) in [7, 11) is 0. The molecule has 0 aliphatic heterocycles. The Morgan fingerprint density at radius 1 is 1.34 bits per heavy atom. The largest absolute Gasteiger partial charge is 0.484 e. The van der Waals surface area contributed by atoms with Crippen LogP contribution in [0.5, 0.6) is 5.75 Å². The molecule has 4 rings (SSSR count). The molecule has 0 unspecified atom stereocenters. The number of amides is 1. The summed E-state index contributed by atoms with van der Waals surface area (Å²) in [5.41, 5.74) is 5.84. The van der Waals surface area contributed by atoms with Crippen molar-refractivity contribution in [2.24, 2.45) is 5.73 Å². The Balaban J connectivity index is 1.51. The molecular weight excluding hydrogens is 408 g/mol. The quantitative estimate of drug-likeness (QED) is 0.595. The summed E-state index contributed by atoms with van der Waals surface area (Å²) < 4.78 is 38.2. The number of primary amides is 1. The van der Waals surface area contributed by atoms with Gasteiger partial charge in [-0.2, -0.15) is 10.1 Å². The van der Waals surface area contributed by atoms with Crippen molar-refractivity contribution in [2.75, 3.05) is 6.61 Å². The van der Waals surface area contributed by atoms with Gasteiger partial charge in [0.05, 0.1) is 10.7 Å². The Morgan fingerprint density at radius 3 is 2.69 bits per heavy atom. The predicted octanol–water partition coefficient (Wildman–Crippen LogP) is 3.31. The lowest BCUT2D eigenvalue weighted by atomic mass is 10.2. The van der Waals surface area contributed by atoms with Crippen LogP contribution in [0.2, 0.25) is 5.02 Å². The molecular formula is C18H16ClF2N5O3. The van der Waals surface area contributed by atoms with E-state index in [1.165, 1.54) is 4.68 Å². The third-order valence-corrected chi connectivity index (χ3v) is 4.76. The second-order valence-electron chi connectivity index (χ2n) is 6.61. The SMILES string of the molecule is NC(=O)COc1ccc(-c2noc(Cn3nc(C(F)F)c(Cl)c3C3CC3)n2)cc1. The number of hydrogen-bond acceptors (Lipinski definition) is 6. The molecule has 3 aromatic rings. The van der Waals surface area contributed by atoms with E-state index in [1.54, 1.807) is 24.3 Å². The average molecular weight is 424 g/mol. The van der Waals surface area contributed by atoms with E-state index in [1.807, 2.05) is 0 Å². The maximum Gasteiger partial charge on any atom is 0.283 e. The van der Waals surface area contributed by atoms with Crippen molar-refractivity contribution in [1.29, 1.82) is 0 Å². The fourth-order valence-corrected chi connectivity index (χ4v) is 3.27. The van der Waals surface area contributed by atoms with E-state index in [-0.39, 0.29) is 30.0 Å². The van der Waals surface area contributed by atoms with Gasteiger partial charge in [-0.05, 0) is 37.1 Å². The summed E-state index contributed by atoms with van der Waals surface area (Å²) in [6.07, 6.45) is -0.990. The summed E-state index contributed by atoms with van der Waals surface area (Å²) in [6, 6.07) is 6.67. The molecule has 0 bridgehead atoms. The van der Waals surface area contributed by atoms with Gasteiger partial charge < -0.3 is 15.0 Å². The minimum absolute atomic E-state index is 0.00814. The first-order valence-corrected chi connectivity index (χ1v) is 9.18. The molecule has 1 fully saturated rings. The molecule has 0 radical (unpaired) electrons. The summed E-state index contributed by atoms with van der Waals surface area (Å²) in [6.45, 7) is -0.173. The van der Waals surface area contributed by atoms with Crippen LogP contribution in [-0.2, 0) is 11.3 Å². The molecule has 11 heteroatoms. The molecule has 2 heterocycles. The van der Waals surface area contributed by atoms with Crippen LogP contribution in [0.4, 0.5) is 8.78 Å². The fourth-order valence-electron chi connectivity index (χ4n) is 2.90. The molecule has 1 aliphatic rings. The number of hydrogen-bond donors (Lipinski definition) is 1. The number of ether oxygens (including phenoxy) is 1. The van der Waals surface area contributed by atoms with Crippen LogP contribution in [-0.4, -0.2) is 32.4 Å². The number of alkyl halides is 2. The van der Waals surface area contributed by atoms with E-state index in [4.69, 9.17) is 26.6 Å². The molecule has 29 heavy (non-hydrogen) atoms. The highest BCUT2D eigenvalue weighted by Crippen LogP contribution is 2.45. The van der Waals surface area contributed by atoms with Crippen LogP contribution >= 0.6 is 11.6 Å². The van der Waals surface area contributed by atoms with Crippen molar-refractivity contribution < 1.29 is 22.8 Å². The zero-order chi connectivity index (χ0) is 20.5. The van der Waals surface area contributed by atoms with Gasteiger partial charge >= 0.3 is 0 Å². The monoisotopic (exact) mass is 423 g/mol. The number of nitrogens with two attached hydrogens (primary N) is 1. The fraction of sp³-hybridized carbons (Fsp3) is 0.333. The number of carbonyl (C=O) groups excluding carboxylic acids is 1. The second-order valence-corrected chi connectivity index (χ2v) is 6.99. The Kier molecular flexibility index (Phi) is 5.18. The zero-order valence-corrected chi connectivity index (χ0v) is 15.8. The van der Waals surface area contributed by atoms with Gasteiger partial charge in [0.25, 0.3) is 12.3 Å². The zero-order valence-electron chi connectivity index (χ0n) is 15.0. The van der Waals surface area contributed by atoms with Crippen LogP contribution in [0.1, 0.15) is 42.5 Å². The number of carbonyl (C=O) groups is 1. The van der Waals surface area contributed by atoms with Gasteiger partial charge in [-0.1, -0.05) is 16.8 Å². The molecule has 2 N–H and O–H groups in total. The maximum absolute atomic E-state index is 13.2.